The molecule has 0 radical (unpaired) electrons. The van der Waals surface area contributed by atoms with Crippen molar-refractivity contribution >= 4 is 11.7 Å². The molecule has 1 rings (SSSR count). The maximum Gasteiger partial charge on any atom is 0.251 e. The molecule has 0 aliphatic rings. The fourth-order valence-corrected chi connectivity index (χ4v) is 1.26. The molecule has 0 unspecified atom stereocenters. The van der Waals surface area contributed by atoms with Crippen LogP contribution in [0.3, 0.4) is 0 Å². The molecule has 4 N–H and O–H groups in total. The second-order valence-corrected chi connectivity index (χ2v) is 5.40. The van der Waals surface area contributed by atoms with E-state index in [-0.39, 0.29) is 11.3 Å². The highest BCUT2D eigenvalue weighted by Crippen LogP contribution is 2.24. The molecule has 0 saturated heterocycles. The Balaban J connectivity index is 2.66. The zero-order valence-electron chi connectivity index (χ0n) is 11.4. The number of nitrogens with one attached hydrogen (secondary N) is 2. The van der Waals surface area contributed by atoms with Crippen molar-refractivity contribution in [2.45, 2.75) is 27.7 Å². The van der Waals surface area contributed by atoms with Crippen LogP contribution in [0.1, 0.15) is 38.1 Å². The van der Waals surface area contributed by atoms with Gasteiger partial charge in [0.15, 0.2) is 0 Å². The molecule has 0 atom stereocenters. The first kappa shape index (κ1) is 14.4. The van der Waals surface area contributed by atoms with E-state index in [0.29, 0.717) is 23.8 Å². The number of anilines is 1. The van der Waals surface area contributed by atoms with Crippen molar-refractivity contribution in [2.75, 3.05) is 12.0 Å². The summed E-state index contributed by atoms with van der Waals surface area (Å²) in [5, 5.41) is 2.94. The van der Waals surface area contributed by atoms with E-state index in [1.807, 2.05) is 0 Å². The minimum Gasteiger partial charge on any atom is -0.351 e. The van der Waals surface area contributed by atoms with Crippen LogP contribution >= 0.6 is 0 Å². The maximum atomic E-state index is 12.0. The Hall–Kier alpha value is -1.62. The highest BCUT2D eigenvalue weighted by molar-refractivity contribution is 5.94. The van der Waals surface area contributed by atoms with Crippen LogP contribution in [-0.2, 0) is 0 Å². The van der Waals surface area contributed by atoms with E-state index < -0.39 is 0 Å². The Bertz CT molecular complexity index is 415. The van der Waals surface area contributed by atoms with Crippen LogP contribution < -0.4 is 16.6 Å². The summed E-state index contributed by atoms with van der Waals surface area (Å²) in [5.41, 5.74) is 3.04. The molecule has 0 saturated carbocycles. The van der Waals surface area contributed by atoms with E-state index in [9.17, 15) is 4.79 Å². The van der Waals surface area contributed by atoms with Gasteiger partial charge in [0.05, 0.1) is 0 Å². The Morgan fingerprint density at radius 1 is 1.50 bits per heavy atom. The SMILES string of the molecule is CC(C)C(C)(C)CNC(=O)c1ccnc(NN)c1. The first-order chi connectivity index (χ1) is 8.36. The summed E-state index contributed by atoms with van der Waals surface area (Å²) in [7, 11) is 0. The van der Waals surface area contributed by atoms with E-state index >= 15 is 0 Å². The summed E-state index contributed by atoms with van der Waals surface area (Å²) in [4.78, 5) is 15.9. The normalized spacial score (nSPS) is 11.4. The summed E-state index contributed by atoms with van der Waals surface area (Å²) in [6, 6.07) is 3.29. The van der Waals surface area contributed by atoms with Crippen molar-refractivity contribution in [3.63, 3.8) is 0 Å². The van der Waals surface area contributed by atoms with Gasteiger partial charge in [0, 0.05) is 18.3 Å². The van der Waals surface area contributed by atoms with Crippen molar-refractivity contribution in [2.24, 2.45) is 17.2 Å². The Labute approximate surface area is 108 Å². The lowest BCUT2D eigenvalue weighted by Gasteiger charge is -2.29. The summed E-state index contributed by atoms with van der Waals surface area (Å²) in [6.45, 7) is 9.20. The topological polar surface area (TPSA) is 80.0 Å². The molecule has 5 nitrogen and oxygen atoms in total. The number of pyridine rings is 1. The minimum atomic E-state index is -0.109. The number of carbonyl (C=O) groups excluding carboxylic acids is 1. The standard InChI is InChI=1S/C13H22N4O/c1-9(2)13(3,4)8-16-12(18)10-5-6-15-11(7-10)17-14/h5-7,9H,8,14H2,1-4H3,(H,15,17)(H,16,18). The van der Waals surface area contributed by atoms with Gasteiger partial charge in [-0.25, -0.2) is 10.8 Å². The van der Waals surface area contributed by atoms with Gasteiger partial charge in [-0.15, -0.1) is 0 Å². The fraction of sp³-hybridized carbons (Fsp3) is 0.538. The molecule has 0 aliphatic carbocycles. The molecule has 0 bridgehead atoms. The molecule has 18 heavy (non-hydrogen) atoms. The Kier molecular flexibility index (Phi) is 4.67. The van der Waals surface area contributed by atoms with Gasteiger partial charge < -0.3 is 10.7 Å². The van der Waals surface area contributed by atoms with E-state index in [4.69, 9.17) is 5.84 Å². The van der Waals surface area contributed by atoms with E-state index in [1.54, 1.807) is 18.3 Å². The third-order valence-electron chi connectivity index (χ3n) is 3.44. The maximum absolute atomic E-state index is 12.0. The lowest BCUT2D eigenvalue weighted by molar-refractivity contribution is 0.0924. The van der Waals surface area contributed by atoms with Gasteiger partial charge in [-0.05, 0) is 23.5 Å². The smallest absolute Gasteiger partial charge is 0.251 e. The number of carbonyl (C=O) groups is 1. The average Bonchev–Trinajstić information content (AvgIpc) is 2.36. The molecule has 100 valence electrons. The zero-order chi connectivity index (χ0) is 13.8. The molecule has 0 aliphatic heterocycles. The summed E-state index contributed by atoms with van der Waals surface area (Å²) < 4.78 is 0. The van der Waals surface area contributed by atoms with E-state index in [1.165, 1.54) is 0 Å². The highest BCUT2D eigenvalue weighted by atomic mass is 16.1. The predicted octanol–water partition coefficient (Wildman–Crippen LogP) is 1.78. The van der Waals surface area contributed by atoms with Crippen LogP contribution in [0, 0.1) is 11.3 Å². The van der Waals surface area contributed by atoms with E-state index in [0.717, 1.165) is 0 Å². The number of aromatic nitrogens is 1. The van der Waals surface area contributed by atoms with Crippen molar-refractivity contribution < 1.29 is 4.79 Å². The third kappa shape index (κ3) is 3.70. The molecular formula is C13H22N4O. The molecule has 5 heteroatoms. The molecular weight excluding hydrogens is 228 g/mol. The number of hydrogen-bond donors (Lipinski definition) is 3. The number of hydrazine groups is 1. The molecule has 0 aromatic carbocycles. The van der Waals surface area contributed by atoms with Crippen LogP contribution in [0.25, 0.3) is 0 Å². The zero-order valence-corrected chi connectivity index (χ0v) is 11.4. The van der Waals surface area contributed by atoms with Crippen LogP contribution in [-0.4, -0.2) is 17.4 Å². The lowest BCUT2D eigenvalue weighted by Crippen LogP contribution is -2.37. The number of nitrogens with two attached hydrogens (primary N) is 1. The highest BCUT2D eigenvalue weighted by Gasteiger charge is 2.23. The quantitative estimate of drug-likeness (QED) is 0.549. The van der Waals surface area contributed by atoms with Gasteiger partial charge in [-0.3, -0.25) is 4.79 Å². The second kappa shape index (κ2) is 5.82. The second-order valence-electron chi connectivity index (χ2n) is 5.40. The molecule has 1 heterocycles. The molecule has 1 aromatic rings. The largest absolute Gasteiger partial charge is 0.351 e. The van der Waals surface area contributed by atoms with Gasteiger partial charge >= 0.3 is 0 Å². The first-order valence-corrected chi connectivity index (χ1v) is 6.07. The van der Waals surface area contributed by atoms with Crippen molar-refractivity contribution in [1.82, 2.24) is 10.3 Å². The average molecular weight is 250 g/mol. The minimum absolute atomic E-state index is 0.0671. The Morgan fingerprint density at radius 2 is 2.17 bits per heavy atom. The fourth-order valence-electron chi connectivity index (χ4n) is 1.26. The number of nitrogen functional groups attached to an aromatic ring is 1. The van der Waals surface area contributed by atoms with Crippen molar-refractivity contribution in [3.05, 3.63) is 23.9 Å². The number of hydrogen-bond acceptors (Lipinski definition) is 4. The van der Waals surface area contributed by atoms with Crippen molar-refractivity contribution in [3.8, 4) is 0 Å². The molecule has 0 spiro atoms. The van der Waals surface area contributed by atoms with Crippen LogP contribution in [0.4, 0.5) is 5.82 Å². The third-order valence-corrected chi connectivity index (χ3v) is 3.44. The molecule has 1 amide bonds. The molecule has 1 aromatic heterocycles. The van der Waals surface area contributed by atoms with Gasteiger partial charge in [0.1, 0.15) is 5.82 Å². The van der Waals surface area contributed by atoms with Crippen LogP contribution in [0.15, 0.2) is 18.3 Å². The van der Waals surface area contributed by atoms with Crippen LogP contribution in [0.2, 0.25) is 0 Å². The summed E-state index contributed by atoms with van der Waals surface area (Å²) >= 11 is 0. The number of amides is 1. The summed E-state index contributed by atoms with van der Waals surface area (Å²) in [6.07, 6.45) is 1.55. The number of nitrogens with zero attached hydrogens (tertiary/aromatic N) is 1. The summed E-state index contributed by atoms with van der Waals surface area (Å²) in [5.74, 6) is 6.12. The van der Waals surface area contributed by atoms with Gasteiger partial charge in [-0.1, -0.05) is 27.7 Å². The lowest BCUT2D eigenvalue weighted by atomic mass is 9.81. The van der Waals surface area contributed by atoms with Crippen LogP contribution in [0.5, 0.6) is 0 Å². The monoisotopic (exact) mass is 250 g/mol. The molecule has 0 fully saturated rings. The van der Waals surface area contributed by atoms with Gasteiger partial charge in [0.25, 0.3) is 5.91 Å². The number of rotatable bonds is 5. The van der Waals surface area contributed by atoms with Crippen molar-refractivity contribution in [1.29, 1.82) is 0 Å². The predicted molar refractivity (Wildman–Crippen MR) is 73.0 cm³/mol. The Morgan fingerprint density at radius 3 is 2.72 bits per heavy atom. The van der Waals surface area contributed by atoms with Gasteiger partial charge in [0.2, 0.25) is 0 Å². The van der Waals surface area contributed by atoms with E-state index in [2.05, 4.69) is 43.4 Å². The first-order valence-electron chi connectivity index (χ1n) is 6.07. The van der Waals surface area contributed by atoms with Gasteiger partial charge in [-0.2, -0.15) is 0 Å².